The molecule has 1 unspecified atom stereocenters. The smallest absolute Gasteiger partial charge is 0.247 e. The molecule has 4 heterocycles. The minimum atomic E-state index is -0.341. The molecule has 1 amide bonds. The number of benzene rings is 1. The van der Waals surface area contributed by atoms with Gasteiger partial charge in [-0.3, -0.25) is 19.1 Å². The van der Waals surface area contributed by atoms with E-state index in [0.717, 1.165) is 54.2 Å². The summed E-state index contributed by atoms with van der Waals surface area (Å²) >= 11 is 6.16. The number of nitrogens with zero attached hydrogens (tertiary/aromatic N) is 6. The van der Waals surface area contributed by atoms with Crippen LogP contribution in [0.3, 0.4) is 0 Å². The number of aryl methyl sites for hydroxylation is 1. The average molecular weight is 578 g/mol. The maximum absolute atomic E-state index is 13.0. The minimum absolute atomic E-state index is 0.118. The van der Waals surface area contributed by atoms with E-state index in [1.807, 2.05) is 49.5 Å². The molecule has 218 valence electrons. The summed E-state index contributed by atoms with van der Waals surface area (Å²) in [6, 6.07) is 6.20. The van der Waals surface area contributed by atoms with Crippen molar-refractivity contribution in [3.63, 3.8) is 0 Å². The number of fused-ring (bicyclic) bond motifs is 1. The van der Waals surface area contributed by atoms with E-state index in [2.05, 4.69) is 31.5 Å². The van der Waals surface area contributed by atoms with Crippen molar-refractivity contribution in [3.05, 3.63) is 53.3 Å². The molecule has 1 atom stereocenters. The maximum atomic E-state index is 13.0. The molecule has 41 heavy (non-hydrogen) atoms. The molecule has 10 heteroatoms. The van der Waals surface area contributed by atoms with Crippen molar-refractivity contribution in [3.8, 4) is 17.0 Å². The van der Waals surface area contributed by atoms with Gasteiger partial charge < -0.3 is 19.9 Å². The first-order chi connectivity index (χ1) is 19.8. The number of amides is 1. The summed E-state index contributed by atoms with van der Waals surface area (Å²) in [5.74, 6) is 1.99. The SMILES string of the molecule is COc1cc(-c2nc(C3CCC(N4CCN(C)CC4)CC3)n3ccnc(C)c23)ccc1NC(=O)C1CC(Cl)=CN1C. The largest absolute Gasteiger partial charge is 0.495 e. The molecule has 2 aromatic heterocycles. The number of piperazine rings is 1. The minimum Gasteiger partial charge on any atom is -0.495 e. The normalized spacial score (nSPS) is 24.1. The van der Waals surface area contributed by atoms with E-state index >= 15 is 0 Å². The molecule has 2 aliphatic heterocycles. The Morgan fingerprint density at radius 3 is 2.54 bits per heavy atom. The Morgan fingerprint density at radius 2 is 1.85 bits per heavy atom. The maximum Gasteiger partial charge on any atom is 0.247 e. The van der Waals surface area contributed by atoms with Gasteiger partial charge in [0.25, 0.3) is 0 Å². The summed E-state index contributed by atoms with van der Waals surface area (Å²) in [6.45, 7) is 6.71. The fraction of sp³-hybridized carbons (Fsp3) is 0.516. The van der Waals surface area contributed by atoms with Crippen molar-refractivity contribution in [2.75, 3.05) is 52.7 Å². The number of carbonyl (C=O) groups excluding carboxylic acids is 1. The molecule has 0 spiro atoms. The van der Waals surface area contributed by atoms with Crippen LogP contribution in [0.1, 0.15) is 49.5 Å². The molecule has 1 aromatic carbocycles. The lowest BCUT2D eigenvalue weighted by Crippen LogP contribution is -2.49. The van der Waals surface area contributed by atoms with E-state index < -0.39 is 0 Å². The molecule has 1 saturated heterocycles. The van der Waals surface area contributed by atoms with Crippen molar-refractivity contribution in [2.24, 2.45) is 0 Å². The van der Waals surface area contributed by atoms with Gasteiger partial charge in [-0.25, -0.2) is 4.98 Å². The number of imidazole rings is 1. The Bertz CT molecular complexity index is 1450. The Kier molecular flexibility index (Phi) is 7.94. The van der Waals surface area contributed by atoms with E-state index in [0.29, 0.717) is 34.8 Å². The van der Waals surface area contributed by atoms with Gasteiger partial charge in [0.2, 0.25) is 5.91 Å². The lowest BCUT2D eigenvalue weighted by atomic mass is 9.84. The Balaban J connectivity index is 1.25. The zero-order valence-electron chi connectivity index (χ0n) is 24.4. The molecule has 3 aliphatic rings. The van der Waals surface area contributed by atoms with Gasteiger partial charge in [-0.05, 0) is 51.8 Å². The van der Waals surface area contributed by atoms with Gasteiger partial charge >= 0.3 is 0 Å². The highest BCUT2D eigenvalue weighted by atomic mass is 35.5. The van der Waals surface area contributed by atoms with Gasteiger partial charge in [0, 0.05) is 80.8 Å². The molecule has 2 fully saturated rings. The zero-order chi connectivity index (χ0) is 28.7. The monoisotopic (exact) mass is 577 g/mol. The molecule has 3 aromatic rings. The van der Waals surface area contributed by atoms with E-state index in [9.17, 15) is 4.79 Å². The second kappa shape index (κ2) is 11.6. The third kappa shape index (κ3) is 5.55. The predicted molar refractivity (Wildman–Crippen MR) is 163 cm³/mol. The molecular weight excluding hydrogens is 538 g/mol. The number of hydrogen-bond acceptors (Lipinski definition) is 7. The molecule has 0 bridgehead atoms. The van der Waals surface area contributed by atoms with Crippen LogP contribution in [0.5, 0.6) is 5.75 Å². The fourth-order valence-corrected chi connectivity index (χ4v) is 7.02. The summed E-state index contributed by atoms with van der Waals surface area (Å²) in [5.41, 5.74) is 4.43. The quantitative estimate of drug-likeness (QED) is 0.454. The average Bonchev–Trinajstić information content (AvgIpc) is 3.54. The summed E-state index contributed by atoms with van der Waals surface area (Å²) in [6.07, 6.45) is 10.9. The number of rotatable bonds is 6. The Morgan fingerprint density at radius 1 is 1.10 bits per heavy atom. The highest BCUT2D eigenvalue weighted by Crippen LogP contribution is 2.39. The highest BCUT2D eigenvalue weighted by Gasteiger charge is 2.32. The lowest BCUT2D eigenvalue weighted by Gasteiger charge is -2.41. The lowest BCUT2D eigenvalue weighted by molar-refractivity contribution is -0.119. The van der Waals surface area contributed by atoms with Gasteiger partial charge in [-0.15, -0.1) is 0 Å². The Labute approximate surface area is 247 Å². The molecule has 9 nitrogen and oxygen atoms in total. The van der Waals surface area contributed by atoms with Crippen LogP contribution >= 0.6 is 11.6 Å². The van der Waals surface area contributed by atoms with Gasteiger partial charge in [-0.1, -0.05) is 17.7 Å². The topological polar surface area (TPSA) is 78.2 Å². The number of aromatic nitrogens is 3. The standard InChI is InChI=1S/C31H40ClN7O2/c1-20-29-28(22-7-10-25(27(17-22)41-4)34-31(40)26-18-23(32)19-37(26)3)35-30(39(29)12-11-33-20)21-5-8-24(9-6-21)38-15-13-36(2)14-16-38/h7,10-12,17,19,21,24,26H,5-6,8-9,13-16,18H2,1-4H3,(H,34,40). The van der Waals surface area contributed by atoms with E-state index in [1.165, 1.54) is 25.9 Å². The van der Waals surface area contributed by atoms with Crippen LogP contribution in [0.15, 0.2) is 41.8 Å². The first-order valence-corrected chi connectivity index (χ1v) is 15.0. The molecule has 1 saturated carbocycles. The van der Waals surface area contributed by atoms with Gasteiger partial charge in [0.15, 0.2) is 0 Å². The summed E-state index contributed by atoms with van der Waals surface area (Å²) in [7, 11) is 5.70. The van der Waals surface area contributed by atoms with Crippen molar-refractivity contribution >= 4 is 28.7 Å². The van der Waals surface area contributed by atoms with E-state index in [-0.39, 0.29) is 11.9 Å². The number of ether oxygens (including phenoxy) is 1. The molecule has 6 rings (SSSR count). The van der Waals surface area contributed by atoms with E-state index in [1.54, 1.807) is 13.3 Å². The fourth-order valence-electron chi connectivity index (χ4n) is 6.72. The van der Waals surface area contributed by atoms with Gasteiger partial charge in [0.05, 0.1) is 29.7 Å². The summed E-state index contributed by atoms with van der Waals surface area (Å²) in [5, 5.41) is 3.71. The number of anilines is 1. The first kappa shape index (κ1) is 28.0. The molecular formula is C31H40ClN7O2. The van der Waals surface area contributed by atoms with Gasteiger partial charge in [0.1, 0.15) is 17.6 Å². The van der Waals surface area contributed by atoms with Crippen LogP contribution in [-0.2, 0) is 4.79 Å². The Hall–Kier alpha value is -3.14. The number of hydrogen-bond donors (Lipinski definition) is 1. The van der Waals surface area contributed by atoms with Crippen molar-refractivity contribution in [2.45, 2.75) is 57.0 Å². The highest BCUT2D eigenvalue weighted by molar-refractivity contribution is 6.30. The van der Waals surface area contributed by atoms with Crippen molar-refractivity contribution in [1.29, 1.82) is 0 Å². The molecule has 1 N–H and O–H groups in total. The van der Waals surface area contributed by atoms with Crippen LogP contribution in [0.2, 0.25) is 0 Å². The zero-order valence-corrected chi connectivity index (χ0v) is 25.2. The number of likely N-dealkylation sites (N-methyl/N-ethyl adjacent to an activating group) is 2. The van der Waals surface area contributed by atoms with Crippen molar-refractivity contribution in [1.82, 2.24) is 29.1 Å². The van der Waals surface area contributed by atoms with Gasteiger partial charge in [-0.2, -0.15) is 0 Å². The number of methoxy groups -OCH3 is 1. The first-order valence-electron chi connectivity index (χ1n) is 14.7. The second-order valence-electron chi connectivity index (χ2n) is 11.8. The third-order valence-corrected chi connectivity index (χ3v) is 9.39. The molecule has 0 radical (unpaired) electrons. The summed E-state index contributed by atoms with van der Waals surface area (Å²) < 4.78 is 7.98. The van der Waals surface area contributed by atoms with Crippen LogP contribution in [0.4, 0.5) is 5.69 Å². The summed E-state index contributed by atoms with van der Waals surface area (Å²) in [4.78, 5) is 29.8. The van der Waals surface area contributed by atoms with Crippen molar-refractivity contribution < 1.29 is 9.53 Å². The number of carbonyl (C=O) groups is 1. The second-order valence-corrected chi connectivity index (χ2v) is 12.2. The van der Waals surface area contributed by atoms with Crippen LogP contribution in [-0.4, -0.2) is 94.4 Å². The number of halogens is 1. The van der Waals surface area contributed by atoms with E-state index in [4.69, 9.17) is 21.3 Å². The van der Waals surface area contributed by atoms with Crippen LogP contribution in [0.25, 0.3) is 16.8 Å². The number of nitrogens with one attached hydrogen (secondary N) is 1. The molecule has 1 aliphatic carbocycles. The van der Waals surface area contributed by atoms with Crippen LogP contribution < -0.4 is 10.1 Å². The third-order valence-electron chi connectivity index (χ3n) is 9.14. The predicted octanol–water partition coefficient (Wildman–Crippen LogP) is 4.71. The van der Waals surface area contributed by atoms with Crippen LogP contribution in [0, 0.1) is 6.92 Å².